The summed E-state index contributed by atoms with van der Waals surface area (Å²) >= 11 is 3.69. The largest absolute Gasteiger partial charge is 0.208 e. The maximum absolute atomic E-state index is 5.13. The first kappa shape index (κ1) is 29.0. The van der Waals surface area contributed by atoms with Crippen LogP contribution in [-0.2, 0) is 0 Å². The average Bonchev–Trinajstić information content (AvgIpc) is 3.76. The van der Waals surface area contributed by atoms with Gasteiger partial charge in [-0.25, -0.2) is 15.0 Å². The molecule has 0 saturated carbocycles. The summed E-state index contributed by atoms with van der Waals surface area (Å²) in [6, 6.07) is 58.0. The summed E-state index contributed by atoms with van der Waals surface area (Å²) in [5, 5.41) is 5.16. The maximum Gasteiger partial charge on any atom is 0.164 e. The minimum absolute atomic E-state index is 0.646. The molecular formula is C45H27N3S2. The van der Waals surface area contributed by atoms with Crippen molar-refractivity contribution in [1.29, 1.82) is 0 Å². The third-order valence-corrected chi connectivity index (χ3v) is 11.7. The Bertz CT molecular complexity index is 2810. The minimum atomic E-state index is 0.646. The second-order valence-electron chi connectivity index (χ2n) is 12.4. The summed E-state index contributed by atoms with van der Waals surface area (Å²) in [7, 11) is 0. The molecule has 0 fully saturated rings. The van der Waals surface area contributed by atoms with Gasteiger partial charge in [0.25, 0.3) is 0 Å². The Labute approximate surface area is 296 Å². The van der Waals surface area contributed by atoms with Crippen LogP contribution in [0.25, 0.3) is 96.8 Å². The molecule has 234 valence electrons. The topological polar surface area (TPSA) is 38.7 Å². The number of hydrogen-bond acceptors (Lipinski definition) is 5. The number of rotatable bonds is 5. The van der Waals surface area contributed by atoms with Gasteiger partial charge in [0, 0.05) is 57.0 Å². The first-order valence-corrected chi connectivity index (χ1v) is 18.2. The lowest BCUT2D eigenvalue weighted by atomic mass is 9.94. The predicted octanol–water partition coefficient (Wildman–Crippen LogP) is 12.9. The molecule has 3 aromatic heterocycles. The molecule has 5 heteroatoms. The highest BCUT2D eigenvalue weighted by molar-refractivity contribution is 7.26. The number of aromatic nitrogens is 3. The summed E-state index contributed by atoms with van der Waals surface area (Å²) in [6.07, 6.45) is 0. The van der Waals surface area contributed by atoms with Gasteiger partial charge in [0.15, 0.2) is 17.5 Å². The molecule has 0 aliphatic carbocycles. The van der Waals surface area contributed by atoms with Gasteiger partial charge in [-0.1, -0.05) is 127 Å². The van der Waals surface area contributed by atoms with Crippen LogP contribution in [0.1, 0.15) is 0 Å². The van der Waals surface area contributed by atoms with Crippen molar-refractivity contribution in [1.82, 2.24) is 15.0 Å². The van der Waals surface area contributed by atoms with Crippen LogP contribution in [-0.4, -0.2) is 15.0 Å². The molecule has 0 amide bonds. The zero-order chi connectivity index (χ0) is 33.0. The molecule has 0 aliphatic rings. The van der Waals surface area contributed by atoms with Gasteiger partial charge in [-0.05, 0) is 58.7 Å². The highest BCUT2D eigenvalue weighted by Gasteiger charge is 2.17. The lowest BCUT2D eigenvalue weighted by molar-refractivity contribution is 1.07. The molecule has 0 N–H and O–H groups in total. The van der Waals surface area contributed by atoms with Gasteiger partial charge in [0.2, 0.25) is 0 Å². The minimum Gasteiger partial charge on any atom is -0.208 e. The predicted molar refractivity (Wildman–Crippen MR) is 213 cm³/mol. The molecule has 10 aromatic rings. The van der Waals surface area contributed by atoms with Crippen molar-refractivity contribution in [2.75, 3.05) is 0 Å². The van der Waals surface area contributed by atoms with Crippen molar-refractivity contribution < 1.29 is 0 Å². The van der Waals surface area contributed by atoms with Crippen molar-refractivity contribution in [3.63, 3.8) is 0 Å². The van der Waals surface area contributed by atoms with E-state index in [0.29, 0.717) is 17.5 Å². The standard InChI is InChI=1S/C45H27N3S2/c1-3-12-28(13-4-1)43-46-44(29-14-5-2-6-15-29)48-45(47-43)33-25-31(30-22-23-37-35-16-7-9-20-39(35)49-41(37)27-30)24-32(26-33)34-18-11-19-38-36-17-8-10-21-40(36)50-42(34)38/h1-27H. The number of benzene rings is 7. The van der Waals surface area contributed by atoms with E-state index in [4.69, 9.17) is 15.0 Å². The zero-order valence-corrected chi connectivity index (χ0v) is 28.4. The molecule has 3 heterocycles. The summed E-state index contributed by atoms with van der Waals surface area (Å²) < 4.78 is 5.15. The third kappa shape index (κ3) is 4.98. The highest BCUT2D eigenvalue weighted by atomic mass is 32.1. The molecule has 0 saturated heterocycles. The van der Waals surface area contributed by atoms with E-state index in [2.05, 4.69) is 127 Å². The Morgan fingerprint density at radius 2 is 0.820 bits per heavy atom. The Kier molecular flexibility index (Phi) is 6.86. The number of nitrogens with zero attached hydrogens (tertiary/aromatic N) is 3. The second kappa shape index (κ2) is 11.8. The Balaban J connectivity index is 1.23. The third-order valence-electron chi connectivity index (χ3n) is 9.32. The van der Waals surface area contributed by atoms with Gasteiger partial charge in [0.1, 0.15) is 0 Å². The quantitative estimate of drug-likeness (QED) is 0.182. The number of hydrogen-bond donors (Lipinski definition) is 0. The van der Waals surface area contributed by atoms with Crippen LogP contribution in [0.3, 0.4) is 0 Å². The Morgan fingerprint density at radius 1 is 0.300 bits per heavy atom. The molecule has 3 nitrogen and oxygen atoms in total. The van der Waals surface area contributed by atoms with Crippen LogP contribution >= 0.6 is 22.7 Å². The Morgan fingerprint density at radius 3 is 1.52 bits per heavy atom. The monoisotopic (exact) mass is 673 g/mol. The van der Waals surface area contributed by atoms with Crippen molar-refractivity contribution in [2.24, 2.45) is 0 Å². The fourth-order valence-corrected chi connectivity index (χ4v) is 9.28. The highest BCUT2D eigenvalue weighted by Crippen LogP contribution is 2.43. The molecule has 50 heavy (non-hydrogen) atoms. The van der Waals surface area contributed by atoms with E-state index in [1.54, 1.807) is 0 Å². The molecule has 0 spiro atoms. The second-order valence-corrected chi connectivity index (χ2v) is 14.6. The molecule has 0 unspecified atom stereocenters. The molecule has 10 rings (SSSR count). The van der Waals surface area contributed by atoms with Gasteiger partial charge in [0.05, 0.1) is 0 Å². The van der Waals surface area contributed by atoms with Crippen LogP contribution < -0.4 is 0 Å². The Hall–Kier alpha value is -6.01. The first-order chi connectivity index (χ1) is 24.7. The number of thiophene rings is 2. The fourth-order valence-electron chi connectivity index (χ4n) is 6.90. The molecule has 0 radical (unpaired) electrons. The van der Waals surface area contributed by atoms with E-state index in [1.807, 2.05) is 59.1 Å². The first-order valence-electron chi connectivity index (χ1n) is 16.6. The summed E-state index contributed by atoms with van der Waals surface area (Å²) in [6.45, 7) is 0. The average molecular weight is 674 g/mol. The molecule has 0 bridgehead atoms. The van der Waals surface area contributed by atoms with E-state index in [1.165, 1.54) is 45.9 Å². The van der Waals surface area contributed by atoms with Gasteiger partial charge >= 0.3 is 0 Å². The van der Waals surface area contributed by atoms with Crippen LogP contribution in [0.4, 0.5) is 0 Å². The van der Waals surface area contributed by atoms with Crippen molar-refractivity contribution in [3.8, 4) is 56.4 Å². The smallest absolute Gasteiger partial charge is 0.164 e. The van der Waals surface area contributed by atoms with Gasteiger partial charge in [-0.3, -0.25) is 0 Å². The molecular weight excluding hydrogens is 647 g/mol. The van der Waals surface area contributed by atoms with E-state index < -0.39 is 0 Å². The summed E-state index contributed by atoms with van der Waals surface area (Å²) in [5.41, 5.74) is 7.48. The van der Waals surface area contributed by atoms with Crippen molar-refractivity contribution in [2.45, 2.75) is 0 Å². The molecule has 7 aromatic carbocycles. The van der Waals surface area contributed by atoms with Crippen LogP contribution in [0.15, 0.2) is 164 Å². The van der Waals surface area contributed by atoms with E-state index in [-0.39, 0.29) is 0 Å². The summed E-state index contributed by atoms with van der Waals surface area (Å²) in [5.74, 6) is 1.95. The van der Waals surface area contributed by atoms with Crippen LogP contribution in [0, 0.1) is 0 Å². The fraction of sp³-hybridized carbons (Fsp3) is 0. The zero-order valence-electron chi connectivity index (χ0n) is 26.7. The summed E-state index contributed by atoms with van der Waals surface area (Å²) in [4.78, 5) is 15.2. The lowest BCUT2D eigenvalue weighted by Crippen LogP contribution is -2.00. The van der Waals surface area contributed by atoms with Crippen molar-refractivity contribution >= 4 is 63.0 Å². The maximum atomic E-state index is 5.13. The van der Waals surface area contributed by atoms with Gasteiger partial charge in [-0.2, -0.15) is 0 Å². The number of fused-ring (bicyclic) bond motifs is 6. The molecule has 0 aliphatic heterocycles. The normalized spacial score (nSPS) is 11.6. The van der Waals surface area contributed by atoms with E-state index in [0.717, 1.165) is 33.4 Å². The van der Waals surface area contributed by atoms with Gasteiger partial charge in [-0.15, -0.1) is 22.7 Å². The van der Waals surface area contributed by atoms with E-state index in [9.17, 15) is 0 Å². The van der Waals surface area contributed by atoms with Crippen molar-refractivity contribution in [3.05, 3.63) is 164 Å². The SMILES string of the molecule is c1ccc(-c2nc(-c3ccccc3)nc(-c3cc(-c4ccc5c(c4)sc4ccccc45)cc(-c4cccc5c4sc4ccccc45)c3)n2)cc1. The van der Waals surface area contributed by atoms with Crippen LogP contribution in [0.2, 0.25) is 0 Å². The molecule has 0 atom stereocenters. The van der Waals surface area contributed by atoms with Gasteiger partial charge < -0.3 is 0 Å². The van der Waals surface area contributed by atoms with Crippen LogP contribution in [0.5, 0.6) is 0 Å². The van der Waals surface area contributed by atoms with E-state index >= 15 is 0 Å². The lowest BCUT2D eigenvalue weighted by Gasteiger charge is -2.13.